The molecule has 2 amide bonds. The maximum Gasteiger partial charge on any atom is 0.251 e. The summed E-state index contributed by atoms with van der Waals surface area (Å²) in [5, 5.41) is 3.23. The van der Waals surface area contributed by atoms with Gasteiger partial charge in [-0.05, 0) is 38.1 Å². The molecule has 21 heavy (non-hydrogen) atoms. The first-order chi connectivity index (χ1) is 10.3. The Balaban J connectivity index is 1.56. The van der Waals surface area contributed by atoms with Crippen molar-refractivity contribution in [2.24, 2.45) is 0 Å². The van der Waals surface area contributed by atoms with Crippen LogP contribution in [-0.2, 0) is 9.59 Å². The maximum atomic E-state index is 12.4. The van der Waals surface area contributed by atoms with Crippen molar-refractivity contribution in [3.05, 3.63) is 30.3 Å². The minimum absolute atomic E-state index is 0.120. The third-order valence-electron chi connectivity index (χ3n) is 4.18. The fourth-order valence-corrected chi connectivity index (χ4v) is 3.04. The van der Waals surface area contributed by atoms with Crippen molar-refractivity contribution in [1.29, 1.82) is 0 Å². The van der Waals surface area contributed by atoms with E-state index in [1.165, 1.54) is 17.7 Å². The predicted molar refractivity (Wildman–Crippen MR) is 81.0 cm³/mol. The van der Waals surface area contributed by atoms with Gasteiger partial charge in [0, 0.05) is 13.1 Å². The Kier molecular flexibility index (Phi) is 4.31. The molecule has 1 unspecified atom stereocenters. The van der Waals surface area contributed by atoms with Gasteiger partial charge in [0.25, 0.3) is 5.91 Å². The van der Waals surface area contributed by atoms with Crippen molar-refractivity contribution in [3.63, 3.8) is 0 Å². The highest BCUT2D eigenvalue weighted by Crippen LogP contribution is 2.22. The Bertz CT molecular complexity index is 512. The number of nitrogens with one attached hydrogen (secondary N) is 1. The Labute approximate surface area is 124 Å². The van der Waals surface area contributed by atoms with E-state index in [-0.39, 0.29) is 24.3 Å². The van der Waals surface area contributed by atoms with Crippen LogP contribution in [0.3, 0.4) is 0 Å². The van der Waals surface area contributed by atoms with Crippen LogP contribution in [0.2, 0.25) is 0 Å². The molecule has 0 aliphatic carbocycles. The normalized spacial score (nSPS) is 23.2. The highest BCUT2D eigenvalue weighted by molar-refractivity contribution is 6.22. The molecule has 1 aromatic rings. The number of carbonyl (C=O) groups is 2. The van der Waals surface area contributed by atoms with Crippen molar-refractivity contribution in [2.45, 2.75) is 25.3 Å². The SMILES string of the molecule is O=C1CC(NCCN2CCCC2)C(=O)N1c1ccccc1. The van der Waals surface area contributed by atoms with Gasteiger partial charge in [-0.3, -0.25) is 9.59 Å². The number of likely N-dealkylation sites (tertiary alicyclic amines) is 1. The monoisotopic (exact) mass is 287 g/mol. The van der Waals surface area contributed by atoms with Gasteiger partial charge < -0.3 is 10.2 Å². The Morgan fingerprint density at radius 3 is 2.52 bits per heavy atom. The summed E-state index contributed by atoms with van der Waals surface area (Å²) >= 11 is 0. The summed E-state index contributed by atoms with van der Waals surface area (Å²) in [6, 6.07) is 8.76. The highest BCUT2D eigenvalue weighted by atomic mass is 16.2. The number of benzene rings is 1. The number of amides is 2. The van der Waals surface area contributed by atoms with Crippen molar-refractivity contribution in [3.8, 4) is 0 Å². The highest BCUT2D eigenvalue weighted by Gasteiger charge is 2.39. The Morgan fingerprint density at radius 2 is 1.81 bits per heavy atom. The number of hydrogen-bond donors (Lipinski definition) is 1. The van der Waals surface area contributed by atoms with Crippen LogP contribution in [0.25, 0.3) is 0 Å². The largest absolute Gasteiger partial charge is 0.304 e. The second-order valence-corrected chi connectivity index (χ2v) is 5.66. The van der Waals surface area contributed by atoms with Crippen molar-refractivity contribution in [2.75, 3.05) is 31.1 Å². The lowest BCUT2D eigenvalue weighted by Gasteiger charge is -2.18. The van der Waals surface area contributed by atoms with Crippen LogP contribution in [0.15, 0.2) is 30.3 Å². The molecule has 1 atom stereocenters. The van der Waals surface area contributed by atoms with Crippen LogP contribution in [0.1, 0.15) is 19.3 Å². The van der Waals surface area contributed by atoms with Gasteiger partial charge in [0.15, 0.2) is 0 Å². The van der Waals surface area contributed by atoms with Crippen LogP contribution < -0.4 is 10.2 Å². The molecule has 1 N–H and O–H groups in total. The van der Waals surface area contributed by atoms with Gasteiger partial charge in [-0.25, -0.2) is 4.90 Å². The van der Waals surface area contributed by atoms with Gasteiger partial charge in [0.2, 0.25) is 5.91 Å². The molecule has 2 aliphatic rings. The second-order valence-electron chi connectivity index (χ2n) is 5.66. The average Bonchev–Trinajstić information content (AvgIpc) is 3.09. The average molecular weight is 287 g/mol. The van der Waals surface area contributed by atoms with Crippen molar-refractivity contribution in [1.82, 2.24) is 10.2 Å². The maximum absolute atomic E-state index is 12.4. The van der Waals surface area contributed by atoms with Crippen LogP contribution in [-0.4, -0.2) is 48.9 Å². The molecule has 2 fully saturated rings. The molecule has 0 radical (unpaired) electrons. The molecular weight excluding hydrogens is 266 g/mol. The summed E-state index contributed by atoms with van der Waals surface area (Å²) in [6.45, 7) is 4.00. The molecule has 0 spiro atoms. The standard InChI is InChI=1S/C16H21N3O2/c20-15-12-14(17-8-11-18-9-4-5-10-18)16(21)19(15)13-6-2-1-3-7-13/h1-3,6-7,14,17H,4-5,8-12H2. The van der Waals surface area contributed by atoms with E-state index in [9.17, 15) is 9.59 Å². The molecule has 2 aliphatic heterocycles. The molecule has 2 saturated heterocycles. The molecule has 2 heterocycles. The van der Waals surface area contributed by atoms with E-state index >= 15 is 0 Å². The number of rotatable bonds is 5. The summed E-state index contributed by atoms with van der Waals surface area (Å²) in [6.07, 6.45) is 2.79. The molecule has 112 valence electrons. The number of anilines is 1. The smallest absolute Gasteiger partial charge is 0.251 e. The lowest BCUT2D eigenvalue weighted by atomic mass is 10.2. The minimum atomic E-state index is -0.375. The van der Waals surface area contributed by atoms with Gasteiger partial charge in [-0.1, -0.05) is 18.2 Å². The van der Waals surface area contributed by atoms with E-state index in [0.29, 0.717) is 5.69 Å². The van der Waals surface area contributed by atoms with E-state index in [1.54, 1.807) is 12.1 Å². The summed E-state index contributed by atoms with van der Waals surface area (Å²) in [7, 11) is 0. The van der Waals surface area contributed by atoms with Gasteiger partial charge in [-0.15, -0.1) is 0 Å². The van der Waals surface area contributed by atoms with Gasteiger partial charge in [0.1, 0.15) is 0 Å². The number of hydrogen-bond acceptors (Lipinski definition) is 4. The van der Waals surface area contributed by atoms with Crippen molar-refractivity contribution >= 4 is 17.5 Å². The molecule has 0 saturated carbocycles. The minimum Gasteiger partial charge on any atom is -0.304 e. The topological polar surface area (TPSA) is 52.7 Å². The molecule has 5 nitrogen and oxygen atoms in total. The van der Waals surface area contributed by atoms with Crippen LogP contribution >= 0.6 is 0 Å². The van der Waals surface area contributed by atoms with E-state index in [0.717, 1.165) is 26.2 Å². The number of carbonyl (C=O) groups excluding carboxylic acids is 2. The molecule has 0 aromatic heterocycles. The molecule has 3 rings (SSSR count). The van der Waals surface area contributed by atoms with Gasteiger partial charge >= 0.3 is 0 Å². The zero-order valence-corrected chi connectivity index (χ0v) is 12.1. The fraction of sp³-hybridized carbons (Fsp3) is 0.500. The zero-order chi connectivity index (χ0) is 14.7. The molecule has 1 aromatic carbocycles. The Hall–Kier alpha value is -1.72. The van der Waals surface area contributed by atoms with Gasteiger partial charge in [-0.2, -0.15) is 0 Å². The number of imide groups is 1. The first-order valence-electron chi connectivity index (χ1n) is 7.63. The van der Waals surface area contributed by atoms with E-state index < -0.39 is 0 Å². The Morgan fingerprint density at radius 1 is 1.10 bits per heavy atom. The molecular formula is C16H21N3O2. The first kappa shape index (κ1) is 14.2. The third kappa shape index (κ3) is 3.14. The van der Waals surface area contributed by atoms with Gasteiger partial charge in [0.05, 0.1) is 18.2 Å². The molecule has 5 heteroatoms. The summed E-state index contributed by atoms with van der Waals surface area (Å²) in [5.41, 5.74) is 0.663. The van der Waals surface area contributed by atoms with Crippen LogP contribution in [0.4, 0.5) is 5.69 Å². The number of nitrogens with zero attached hydrogens (tertiary/aromatic N) is 2. The quantitative estimate of drug-likeness (QED) is 0.821. The van der Waals surface area contributed by atoms with Crippen LogP contribution in [0.5, 0.6) is 0 Å². The van der Waals surface area contributed by atoms with Crippen molar-refractivity contribution < 1.29 is 9.59 Å². The van der Waals surface area contributed by atoms with E-state index in [2.05, 4.69) is 10.2 Å². The second kappa shape index (κ2) is 6.37. The van der Waals surface area contributed by atoms with E-state index in [1.807, 2.05) is 18.2 Å². The number of para-hydroxylation sites is 1. The lowest BCUT2D eigenvalue weighted by Crippen LogP contribution is -2.41. The molecule has 0 bridgehead atoms. The third-order valence-corrected chi connectivity index (χ3v) is 4.18. The zero-order valence-electron chi connectivity index (χ0n) is 12.1. The lowest BCUT2D eigenvalue weighted by molar-refractivity contribution is -0.121. The predicted octanol–water partition coefficient (Wildman–Crippen LogP) is 1.00. The summed E-state index contributed by atoms with van der Waals surface area (Å²) in [5.74, 6) is -0.252. The fourth-order valence-electron chi connectivity index (χ4n) is 3.04. The summed E-state index contributed by atoms with van der Waals surface area (Å²) in [4.78, 5) is 28.1. The first-order valence-corrected chi connectivity index (χ1v) is 7.63. The van der Waals surface area contributed by atoms with E-state index in [4.69, 9.17) is 0 Å². The summed E-state index contributed by atoms with van der Waals surface area (Å²) < 4.78 is 0. The van der Waals surface area contributed by atoms with Crippen LogP contribution in [0, 0.1) is 0 Å².